The van der Waals surface area contributed by atoms with E-state index in [9.17, 15) is 18.0 Å². The molecule has 2 aromatic heterocycles. The van der Waals surface area contributed by atoms with Crippen molar-refractivity contribution in [1.82, 2.24) is 19.4 Å². The van der Waals surface area contributed by atoms with Crippen LogP contribution in [0.4, 0.5) is 19.0 Å². The van der Waals surface area contributed by atoms with Crippen molar-refractivity contribution in [2.75, 3.05) is 31.1 Å². The van der Waals surface area contributed by atoms with E-state index in [2.05, 4.69) is 9.97 Å². The van der Waals surface area contributed by atoms with E-state index in [1.54, 1.807) is 27.7 Å². The monoisotopic (exact) mass is 339 g/mol. The number of rotatable bonds is 2. The highest BCUT2D eigenvalue weighted by Crippen LogP contribution is 2.30. The summed E-state index contributed by atoms with van der Waals surface area (Å²) in [6.07, 6.45) is -0.181. The summed E-state index contributed by atoms with van der Waals surface area (Å²) >= 11 is 0. The van der Waals surface area contributed by atoms with Crippen LogP contribution in [-0.2, 0) is 13.2 Å². The summed E-state index contributed by atoms with van der Waals surface area (Å²) in [5, 5.41) is 0. The predicted octanol–water partition coefficient (Wildman–Crippen LogP) is 1.80. The van der Waals surface area contributed by atoms with Crippen molar-refractivity contribution in [2.24, 2.45) is 7.05 Å². The number of aromatic nitrogens is 3. The summed E-state index contributed by atoms with van der Waals surface area (Å²) < 4.78 is 40.0. The van der Waals surface area contributed by atoms with Gasteiger partial charge in [0, 0.05) is 39.4 Å². The van der Waals surface area contributed by atoms with Crippen LogP contribution in [-0.4, -0.2) is 51.5 Å². The highest BCUT2D eigenvalue weighted by atomic mass is 19.4. The van der Waals surface area contributed by atoms with Crippen LogP contribution in [0.15, 0.2) is 30.9 Å². The van der Waals surface area contributed by atoms with E-state index in [0.717, 1.165) is 18.3 Å². The lowest BCUT2D eigenvalue weighted by Gasteiger charge is -2.35. The molecule has 1 amide bonds. The number of carbonyl (C=O) groups is 1. The number of anilines is 1. The number of hydrogen-bond donors (Lipinski definition) is 0. The van der Waals surface area contributed by atoms with Gasteiger partial charge in [-0.25, -0.2) is 9.97 Å². The minimum atomic E-state index is -4.39. The number of imidazole rings is 1. The molecule has 1 aliphatic heterocycles. The highest BCUT2D eigenvalue weighted by molar-refractivity contribution is 5.92. The lowest BCUT2D eigenvalue weighted by molar-refractivity contribution is -0.137. The Balaban J connectivity index is 1.67. The zero-order chi connectivity index (χ0) is 17.3. The van der Waals surface area contributed by atoms with E-state index in [4.69, 9.17) is 0 Å². The summed E-state index contributed by atoms with van der Waals surface area (Å²) in [5.74, 6) is 0.143. The molecule has 0 radical (unpaired) electrons. The molecule has 0 aromatic carbocycles. The van der Waals surface area contributed by atoms with E-state index in [1.807, 2.05) is 0 Å². The van der Waals surface area contributed by atoms with Gasteiger partial charge in [0.2, 0.25) is 0 Å². The molecule has 1 fully saturated rings. The molecule has 3 heterocycles. The lowest BCUT2D eigenvalue weighted by atomic mass is 10.2. The van der Waals surface area contributed by atoms with Crippen molar-refractivity contribution >= 4 is 11.7 Å². The van der Waals surface area contributed by atoms with Gasteiger partial charge in [0.1, 0.15) is 11.5 Å². The molecule has 0 saturated carbocycles. The third kappa shape index (κ3) is 3.19. The first-order chi connectivity index (χ1) is 11.4. The molecule has 0 atom stereocenters. The average molecular weight is 339 g/mol. The summed E-state index contributed by atoms with van der Waals surface area (Å²) in [6.45, 7) is 1.69. The van der Waals surface area contributed by atoms with Crippen molar-refractivity contribution in [3.05, 3.63) is 42.1 Å². The Kier molecular flexibility index (Phi) is 4.16. The first kappa shape index (κ1) is 16.3. The molecule has 1 saturated heterocycles. The number of piperazine rings is 1. The molecule has 128 valence electrons. The van der Waals surface area contributed by atoms with Crippen molar-refractivity contribution in [3.8, 4) is 0 Å². The second-order valence-electron chi connectivity index (χ2n) is 5.57. The minimum Gasteiger partial charge on any atom is -0.353 e. The molecule has 24 heavy (non-hydrogen) atoms. The van der Waals surface area contributed by atoms with Gasteiger partial charge < -0.3 is 14.4 Å². The Morgan fingerprint density at radius 2 is 1.92 bits per heavy atom. The molecule has 2 aromatic rings. The van der Waals surface area contributed by atoms with E-state index in [-0.39, 0.29) is 11.7 Å². The Hall–Kier alpha value is -2.58. The highest BCUT2D eigenvalue weighted by Gasteiger charge is 2.32. The van der Waals surface area contributed by atoms with Gasteiger partial charge in [-0.3, -0.25) is 4.79 Å². The standard InChI is InChI=1S/C15H16F3N5O/c1-21-10-19-9-12(21)14(24)23-6-4-22(5-7-23)13-8-11(2-3-20-13)15(16,17)18/h2-3,8-10H,4-7H2,1H3. The van der Waals surface area contributed by atoms with Gasteiger partial charge in [0.25, 0.3) is 5.91 Å². The van der Waals surface area contributed by atoms with Crippen molar-refractivity contribution in [3.63, 3.8) is 0 Å². The van der Waals surface area contributed by atoms with E-state index < -0.39 is 11.7 Å². The Morgan fingerprint density at radius 3 is 2.50 bits per heavy atom. The molecule has 0 bridgehead atoms. The summed E-state index contributed by atoms with van der Waals surface area (Å²) in [6, 6.07) is 1.99. The number of hydrogen-bond acceptors (Lipinski definition) is 4. The van der Waals surface area contributed by atoms with Crippen LogP contribution in [0.3, 0.4) is 0 Å². The van der Waals surface area contributed by atoms with Crippen molar-refractivity contribution in [2.45, 2.75) is 6.18 Å². The van der Waals surface area contributed by atoms with Gasteiger partial charge in [-0.05, 0) is 12.1 Å². The third-order valence-corrected chi connectivity index (χ3v) is 4.00. The summed E-state index contributed by atoms with van der Waals surface area (Å²) in [5.41, 5.74) is -0.235. The van der Waals surface area contributed by atoms with Crippen LogP contribution < -0.4 is 4.90 Å². The number of aryl methyl sites for hydroxylation is 1. The van der Waals surface area contributed by atoms with Crippen LogP contribution in [0.25, 0.3) is 0 Å². The molecule has 1 aliphatic rings. The molecule has 0 spiro atoms. The number of halogens is 3. The second-order valence-corrected chi connectivity index (χ2v) is 5.57. The Bertz CT molecular complexity index is 735. The van der Waals surface area contributed by atoms with Crippen LogP contribution in [0.5, 0.6) is 0 Å². The largest absolute Gasteiger partial charge is 0.416 e. The van der Waals surface area contributed by atoms with Crippen LogP contribution >= 0.6 is 0 Å². The summed E-state index contributed by atoms with van der Waals surface area (Å²) in [4.78, 5) is 23.8. The van der Waals surface area contributed by atoms with Gasteiger partial charge in [0.05, 0.1) is 18.1 Å². The quantitative estimate of drug-likeness (QED) is 0.837. The van der Waals surface area contributed by atoms with E-state index in [1.165, 1.54) is 6.20 Å². The topological polar surface area (TPSA) is 54.3 Å². The Labute approximate surface area is 136 Å². The molecule has 3 rings (SSSR count). The van der Waals surface area contributed by atoms with Crippen molar-refractivity contribution in [1.29, 1.82) is 0 Å². The first-order valence-corrected chi connectivity index (χ1v) is 7.40. The van der Waals surface area contributed by atoms with Crippen LogP contribution in [0.1, 0.15) is 16.1 Å². The fourth-order valence-corrected chi connectivity index (χ4v) is 2.63. The number of pyridine rings is 1. The maximum Gasteiger partial charge on any atom is 0.416 e. The summed E-state index contributed by atoms with van der Waals surface area (Å²) in [7, 11) is 1.74. The van der Waals surface area contributed by atoms with Gasteiger partial charge in [-0.15, -0.1) is 0 Å². The third-order valence-electron chi connectivity index (χ3n) is 4.00. The van der Waals surface area contributed by atoms with Gasteiger partial charge in [0.15, 0.2) is 0 Å². The molecule has 9 heteroatoms. The smallest absolute Gasteiger partial charge is 0.353 e. The molecule has 0 aliphatic carbocycles. The fourth-order valence-electron chi connectivity index (χ4n) is 2.63. The average Bonchev–Trinajstić information content (AvgIpc) is 3.00. The molecule has 0 N–H and O–H groups in total. The van der Waals surface area contributed by atoms with E-state index >= 15 is 0 Å². The van der Waals surface area contributed by atoms with Gasteiger partial charge >= 0.3 is 6.18 Å². The maximum absolute atomic E-state index is 12.8. The zero-order valence-corrected chi connectivity index (χ0v) is 13.0. The zero-order valence-electron chi connectivity index (χ0n) is 13.0. The number of carbonyl (C=O) groups excluding carboxylic acids is 1. The van der Waals surface area contributed by atoms with Gasteiger partial charge in [-0.2, -0.15) is 13.2 Å². The minimum absolute atomic E-state index is 0.133. The fraction of sp³-hybridized carbons (Fsp3) is 0.400. The van der Waals surface area contributed by atoms with E-state index in [0.29, 0.717) is 31.9 Å². The number of amides is 1. The molecule has 6 nitrogen and oxygen atoms in total. The Morgan fingerprint density at radius 1 is 1.21 bits per heavy atom. The first-order valence-electron chi connectivity index (χ1n) is 7.40. The predicted molar refractivity (Wildman–Crippen MR) is 80.6 cm³/mol. The number of alkyl halides is 3. The number of nitrogens with zero attached hydrogens (tertiary/aromatic N) is 5. The van der Waals surface area contributed by atoms with Crippen molar-refractivity contribution < 1.29 is 18.0 Å². The second kappa shape index (κ2) is 6.14. The van der Waals surface area contributed by atoms with Crippen LogP contribution in [0, 0.1) is 0 Å². The lowest BCUT2D eigenvalue weighted by Crippen LogP contribution is -2.49. The van der Waals surface area contributed by atoms with Gasteiger partial charge in [-0.1, -0.05) is 0 Å². The maximum atomic E-state index is 12.8. The SMILES string of the molecule is Cn1cncc1C(=O)N1CCN(c2cc(C(F)(F)F)ccn2)CC1. The van der Waals surface area contributed by atoms with Crippen LogP contribution in [0.2, 0.25) is 0 Å². The molecule has 0 unspecified atom stereocenters. The molecular formula is C15H16F3N5O. The molecular weight excluding hydrogens is 323 g/mol. The normalized spacial score (nSPS) is 15.7.